The van der Waals surface area contributed by atoms with E-state index in [0.29, 0.717) is 0 Å². The average molecular weight is 198 g/mol. The van der Waals surface area contributed by atoms with Gasteiger partial charge in [0.05, 0.1) is 12.2 Å². The molecule has 0 aliphatic carbocycles. The van der Waals surface area contributed by atoms with Crippen molar-refractivity contribution in [2.24, 2.45) is 0 Å². The maximum atomic E-state index is 13.4. The molecule has 0 fully saturated rings. The lowest BCUT2D eigenvalue weighted by Crippen LogP contribution is -2.33. The summed E-state index contributed by atoms with van der Waals surface area (Å²) in [5, 5.41) is 4.43. The highest BCUT2D eigenvalue weighted by molar-refractivity contribution is 5.91. The van der Waals surface area contributed by atoms with Crippen LogP contribution in [-0.4, -0.2) is 12.6 Å². The zero-order chi connectivity index (χ0) is 10.2. The molecule has 0 unspecified atom stereocenters. The molecule has 1 aromatic rings. The van der Waals surface area contributed by atoms with Crippen LogP contribution in [0, 0.1) is 0 Å². The minimum Gasteiger partial charge on any atom is -0.331 e. The number of hydrogen-bond donors (Lipinski definition) is 2. The highest BCUT2D eigenvalue weighted by Crippen LogP contribution is 2.34. The van der Waals surface area contributed by atoms with Gasteiger partial charge in [-0.3, -0.25) is 0 Å². The quantitative estimate of drug-likeness (QED) is 0.656. The number of halogens is 2. The predicted octanol–water partition coefficient (Wildman–Crippen LogP) is 1.91. The normalized spacial score (nSPS) is 18.9. The van der Waals surface area contributed by atoms with Crippen molar-refractivity contribution in [3.8, 4) is 0 Å². The van der Waals surface area contributed by atoms with Crippen LogP contribution < -0.4 is 10.6 Å². The summed E-state index contributed by atoms with van der Waals surface area (Å²) >= 11 is 0. The molecule has 1 aromatic carbocycles. The molecule has 0 saturated carbocycles. The maximum Gasteiger partial charge on any atom is 0.319 e. The number of rotatable bonds is 0. The number of amides is 2. The Kier molecular flexibility index (Phi) is 1.87. The van der Waals surface area contributed by atoms with Gasteiger partial charge < -0.3 is 10.6 Å². The van der Waals surface area contributed by atoms with Gasteiger partial charge >= 0.3 is 6.03 Å². The molecule has 14 heavy (non-hydrogen) atoms. The third-order valence-corrected chi connectivity index (χ3v) is 2.04. The standard InChI is InChI=1S/C9H8F2N2O/c10-9(11)5-12-8(14)13-7-4-2-1-3-6(7)9/h1-4H,5H2,(H2,12,13,14). The number of hydrogen-bond acceptors (Lipinski definition) is 1. The van der Waals surface area contributed by atoms with Crippen molar-refractivity contribution in [3.05, 3.63) is 29.8 Å². The fourth-order valence-electron chi connectivity index (χ4n) is 1.36. The van der Waals surface area contributed by atoms with Crippen molar-refractivity contribution in [1.82, 2.24) is 5.32 Å². The van der Waals surface area contributed by atoms with Crippen LogP contribution in [-0.2, 0) is 5.92 Å². The maximum absolute atomic E-state index is 13.4. The fourth-order valence-corrected chi connectivity index (χ4v) is 1.36. The predicted molar refractivity (Wildman–Crippen MR) is 47.4 cm³/mol. The molecule has 2 N–H and O–H groups in total. The largest absolute Gasteiger partial charge is 0.331 e. The second kappa shape index (κ2) is 2.94. The Hall–Kier alpha value is -1.65. The topological polar surface area (TPSA) is 41.1 Å². The minimum atomic E-state index is -3.02. The van der Waals surface area contributed by atoms with Gasteiger partial charge in [-0.25, -0.2) is 4.79 Å². The molecule has 3 nitrogen and oxygen atoms in total. The van der Waals surface area contributed by atoms with E-state index < -0.39 is 18.5 Å². The first-order chi connectivity index (χ1) is 6.59. The van der Waals surface area contributed by atoms with Crippen LogP contribution in [0.3, 0.4) is 0 Å². The highest BCUT2D eigenvalue weighted by atomic mass is 19.3. The molecule has 5 heteroatoms. The van der Waals surface area contributed by atoms with E-state index in [1.54, 1.807) is 6.07 Å². The molecular formula is C9H8F2N2O. The first-order valence-corrected chi connectivity index (χ1v) is 4.12. The lowest BCUT2D eigenvalue weighted by molar-refractivity contribution is 0.00186. The molecule has 1 aliphatic heterocycles. The van der Waals surface area contributed by atoms with Crippen molar-refractivity contribution in [1.29, 1.82) is 0 Å². The number of para-hydroxylation sites is 1. The van der Waals surface area contributed by atoms with Crippen LogP contribution >= 0.6 is 0 Å². The molecule has 2 amide bonds. The van der Waals surface area contributed by atoms with Crippen LogP contribution in [0.15, 0.2) is 24.3 Å². The third kappa shape index (κ3) is 1.41. The second-order valence-electron chi connectivity index (χ2n) is 3.06. The monoisotopic (exact) mass is 198 g/mol. The molecule has 0 bridgehead atoms. The van der Waals surface area contributed by atoms with E-state index in [-0.39, 0.29) is 11.3 Å². The number of benzene rings is 1. The summed E-state index contributed by atoms with van der Waals surface area (Å²) in [4.78, 5) is 11.0. The number of carbonyl (C=O) groups is 1. The Balaban J connectivity index is 2.52. The lowest BCUT2D eigenvalue weighted by atomic mass is 10.1. The Morgan fingerprint density at radius 1 is 1.29 bits per heavy atom. The van der Waals surface area contributed by atoms with Crippen LogP contribution in [0.4, 0.5) is 19.3 Å². The molecule has 0 aromatic heterocycles. The highest BCUT2D eigenvalue weighted by Gasteiger charge is 2.36. The van der Waals surface area contributed by atoms with E-state index in [0.717, 1.165) is 0 Å². The van der Waals surface area contributed by atoms with Gasteiger partial charge in [-0.2, -0.15) is 8.78 Å². The number of urea groups is 1. The first kappa shape index (κ1) is 8.93. The molecule has 0 radical (unpaired) electrons. The third-order valence-electron chi connectivity index (χ3n) is 2.04. The summed E-state index contributed by atoms with van der Waals surface area (Å²) in [5.41, 5.74) is 0.00542. The van der Waals surface area contributed by atoms with E-state index in [2.05, 4.69) is 10.6 Å². The molecule has 1 heterocycles. The Labute approximate surface area is 79.1 Å². The summed E-state index contributed by atoms with van der Waals surface area (Å²) in [6.45, 7) is -0.671. The van der Waals surface area contributed by atoms with E-state index in [4.69, 9.17) is 0 Å². The smallest absolute Gasteiger partial charge is 0.319 e. The average Bonchev–Trinajstić information content (AvgIpc) is 2.25. The summed E-state index contributed by atoms with van der Waals surface area (Å²) < 4.78 is 26.8. The molecular weight excluding hydrogens is 190 g/mol. The van der Waals surface area contributed by atoms with Gasteiger partial charge in [-0.15, -0.1) is 0 Å². The van der Waals surface area contributed by atoms with Gasteiger partial charge in [-0.05, 0) is 6.07 Å². The van der Waals surface area contributed by atoms with Gasteiger partial charge in [0.25, 0.3) is 5.92 Å². The van der Waals surface area contributed by atoms with E-state index >= 15 is 0 Å². The van der Waals surface area contributed by atoms with Crippen LogP contribution in [0.25, 0.3) is 0 Å². The van der Waals surface area contributed by atoms with Crippen molar-refractivity contribution in [3.63, 3.8) is 0 Å². The summed E-state index contributed by atoms with van der Waals surface area (Å²) in [6, 6.07) is 5.27. The number of alkyl halides is 2. The SMILES string of the molecule is O=C1NCC(F)(F)c2ccccc2N1. The van der Waals surface area contributed by atoms with Crippen molar-refractivity contribution in [2.45, 2.75) is 5.92 Å². The molecule has 2 rings (SSSR count). The van der Waals surface area contributed by atoms with Crippen molar-refractivity contribution < 1.29 is 13.6 Å². The molecule has 0 atom stereocenters. The summed E-state index contributed by atoms with van der Waals surface area (Å²) in [5.74, 6) is -3.02. The lowest BCUT2D eigenvalue weighted by Gasteiger charge is -2.14. The summed E-state index contributed by atoms with van der Waals surface area (Å²) in [7, 11) is 0. The zero-order valence-electron chi connectivity index (χ0n) is 7.18. The molecule has 1 aliphatic rings. The number of fused-ring (bicyclic) bond motifs is 1. The Bertz CT molecular complexity index is 379. The van der Waals surface area contributed by atoms with Crippen LogP contribution in [0.2, 0.25) is 0 Å². The Morgan fingerprint density at radius 3 is 2.79 bits per heavy atom. The van der Waals surface area contributed by atoms with E-state index in [1.165, 1.54) is 18.2 Å². The summed E-state index contributed by atoms with van der Waals surface area (Å²) in [6.07, 6.45) is 0. The minimum absolute atomic E-state index is 0.154. The van der Waals surface area contributed by atoms with Crippen molar-refractivity contribution in [2.75, 3.05) is 11.9 Å². The fraction of sp³-hybridized carbons (Fsp3) is 0.222. The number of anilines is 1. The van der Waals surface area contributed by atoms with Gasteiger partial charge in [0.2, 0.25) is 0 Å². The zero-order valence-corrected chi connectivity index (χ0v) is 7.18. The van der Waals surface area contributed by atoms with Crippen molar-refractivity contribution >= 4 is 11.7 Å². The van der Waals surface area contributed by atoms with E-state index in [1.807, 2.05) is 0 Å². The number of nitrogens with one attached hydrogen (secondary N) is 2. The number of carbonyl (C=O) groups excluding carboxylic acids is 1. The molecule has 74 valence electrons. The molecule has 0 spiro atoms. The van der Waals surface area contributed by atoms with E-state index in [9.17, 15) is 13.6 Å². The van der Waals surface area contributed by atoms with Crippen LogP contribution in [0.5, 0.6) is 0 Å². The van der Waals surface area contributed by atoms with Gasteiger partial charge in [0.15, 0.2) is 0 Å². The Morgan fingerprint density at radius 2 is 2.00 bits per heavy atom. The first-order valence-electron chi connectivity index (χ1n) is 4.12. The van der Waals surface area contributed by atoms with Gasteiger partial charge in [0, 0.05) is 5.56 Å². The van der Waals surface area contributed by atoms with Gasteiger partial charge in [-0.1, -0.05) is 18.2 Å². The van der Waals surface area contributed by atoms with Gasteiger partial charge in [0.1, 0.15) is 0 Å². The second-order valence-corrected chi connectivity index (χ2v) is 3.06. The van der Waals surface area contributed by atoms with Crippen LogP contribution in [0.1, 0.15) is 5.56 Å². The molecule has 0 saturated heterocycles.